The number of ether oxygens (including phenoxy) is 2. The van der Waals surface area contributed by atoms with Gasteiger partial charge in [0.2, 0.25) is 0 Å². The predicted octanol–water partition coefficient (Wildman–Crippen LogP) is 4.21. The summed E-state index contributed by atoms with van der Waals surface area (Å²) in [6.45, 7) is 2.98. The van der Waals surface area contributed by atoms with Gasteiger partial charge in [0, 0.05) is 19.1 Å². The van der Waals surface area contributed by atoms with Gasteiger partial charge in [0.05, 0.1) is 12.8 Å². The lowest BCUT2D eigenvalue weighted by molar-refractivity contribution is 0.269. The summed E-state index contributed by atoms with van der Waals surface area (Å²) in [5.41, 5.74) is 2.01. The maximum atomic E-state index is 5.89. The average molecular weight is 333 g/mol. The Bertz CT molecular complexity index is 655. The molecule has 23 heavy (non-hydrogen) atoms. The van der Waals surface area contributed by atoms with Gasteiger partial charge in [0.1, 0.15) is 6.61 Å². The Morgan fingerprint density at radius 3 is 2.43 bits per heavy atom. The highest BCUT2D eigenvalue weighted by molar-refractivity contribution is 6.30. The van der Waals surface area contributed by atoms with Crippen LogP contribution in [0.2, 0.25) is 5.02 Å². The lowest BCUT2D eigenvalue weighted by Crippen LogP contribution is -2.03. The molecule has 0 fully saturated rings. The molecular formula is C18H21ClN2O2. The Labute approximate surface area is 142 Å². The summed E-state index contributed by atoms with van der Waals surface area (Å²) < 4.78 is 11.5. The van der Waals surface area contributed by atoms with E-state index in [1.807, 2.05) is 63.5 Å². The van der Waals surface area contributed by atoms with Crippen molar-refractivity contribution in [1.82, 2.24) is 5.01 Å². The first-order chi connectivity index (χ1) is 11.1. The quantitative estimate of drug-likeness (QED) is 0.562. The Hall–Kier alpha value is -2.20. The second-order valence-electron chi connectivity index (χ2n) is 5.15. The molecule has 0 aliphatic heterocycles. The maximum Gasteiger partial charge on any atom is 0.161 e. The largest absolute Gasteiger partial charge is 0.490 e. The first-order valence-electron chi connectivity index (χ1n) is 7.44. The Morgan fingerprint density at radius 1 is 1.04 bits per heavy atom. The van der Waals surface area contributed by atoms with Gasteiger partial charge in [-0.1, -0.05) is 23.7 Å². The van der Waals surface area contributed by atoms with Crippen LogP contribution in [0, 0.1) is 0 Å². The van der Waals surface area contributed by atoms with Crippen molar-refractivity contribution in [2.75, 3.05) is 20.7 Å². The van der Waals surface area contributed by atoms with E-state index in [9.17, 15) is 0 Å². The van der Waals surface area contributed by atoms with Crippen molar-refractivity contribution in [1.29, 1.82) is 0 Å². The summed E-state index contributed by atoms with van der Waals surface area (Å²) in [5.74, 6) is 1.42. The normalized spacial score (nSPS) is 10.8. The Morgan fingerprint density at radius 2 is 1.78 bits per heavy atom. The fourth-order valence-electron chi connectivity index (χ4n) is 1.92. The number of nitrogens with zero attached hydrogens (tertiary/aromatic N) is 2. The minimum Gasteiger partial charge on any atom is -0.490 e. The molecule has 0 spiro atoms. The standard InChI is InChI=1S/C18H21ClN2O2/c1-4-22-18-11-15(12-20-21(2)3)7-10-17(18)23-13-14-5-8-16(19)9-6-14/h5-12H,4,13H2,1-3H3. The van der Waals surface area contributed by atoms with Crippen molar-refractivity contribution in [3.05, 3.63) is 58.6 Å². The molecule has 2 aromatic rings. The molecule has 0 amide bonds. The number of halogens is 1. The molecule has 0 atom stereocenters. The summed E-state index contributed by atoms with van der Waals surface area (Å²) in [4.78, 5) is 0. The van der Waals surface area contributed by atoms with Crippen LogP contribution in [-0.4, -0.2) is 31.9 Å². The van der Waals surface area contributed by atoms with Gasteiger partial charge >= 0.3 is 0 Å². The van der Waals surface area contributed by atoms with Crippen LogP contribution in [-0.2, 0) is 6.61 Å². The summed E-state index contributed by atoms with van der Waals surface area (Å²) in [5, 5.41) is 6.68. The molecule has 0 aliphatic rings. The Balaban J connectivity index is 2.12. The molecule has 0 saturated carbocycles. The monoisotopic (exact) mass is 332 g/mol. The van der Waals surface area contributed by atoms with Gasteiger partial charge in [-0.15, -0.1) is 0 Å². The van der Waals surface area contributed by atoms with E-state index in [4.69, 9.17) is 21.1 Å². The van der Waals surface area contributed by atoms with Gasteiger partial charge < -0.3 is 14.5 Å². The second kappa shape index (κ2) is 8.44. The van der Waals surface area contributed by atoms with Crippen LogP contribution in [0.4, 0.5) is 0 Å². The minimum atomic E-state index is 0.461. The van der Waals surface area contributed by atoms with Crippen LogP contribution in [0.1, 0.15) is 18.1 Å². The van der Waals surface area contributed by atoms with Crippen molar-refractivity contribution in [2.45, 2.75) is 13.5 Å². The fraction of sp³-hybridized carbons (Fsp3) is 0.278. The van der Waals surface area contributed by atoms with Crippen molar-refractivity contribution in [3.63, 3.8) is 0 Å². The zero-order valence-corrected chi connectivity index (χ0v) is 14.4. The summed E-state index contributed by atoms with van der Waals surface area (Å²) in [6.07, 6.45) is 1.78. The van der Waals surface area contributed by atoms with Crippen LogP contribution in [0.25, 0.3) is 0 Å². The predicted molar refractivity (Wildman–Crippen MR) is 94.7 cm³/mol. The first kappa shape index (κ1) is 17.2. The average Bonchev–Trinajstić information content (AvgIpc) is 2.54. The first-order valence-corrected chi connectivity index (χ1v) is 7.81. The van der Waals surface area contributed by atoms with Gasteiger partial charge in [0.15, 0.2) is 11.5 Å². The topological polar surface area (TPSA) is 34.1 Å². The van der Waals surface area contributed by atoms with E-state index in [-0.39, 0.29) is 0 Å². The second-order valence-corrected chi connectivity index (χ2v) is 5.58. The molecule has 0 bridgehead atoms. The van der Waals surface area contributed by atoms with Crippen molar-refractivity contribution in [2.24, 2.45) is 5.10 Å². The molecule has 0 aromatic heterocycles. The molecule has 2 rings (SSSR count). The number of hydrogen-bond acceptors (Lipinski definition) is 4. The van der Waals surface area contributed by atoms with E-state index in [0.29, 0.717) is 29.7 Å². The number of benzene rings is 2. The van der Waals surface area contributed by atoms with E-state index in [1.165, 1.54) is 0 Å². The van der Waals surface area contributed by atoms with Crippen LogP contribution in [0.15, 0.2) is 47.6 Å². The van der Waals surface area contributed by atoms with E-state index >= 15 is 0 Å². The van der Waals surface area contributed by atoms with Gasteiger partial charge in [-0.3, -0.25) is 0 Å². The molecule has 0 radical (unpaired) electrons. The highest BCUT2D eigenvalue weighted by Gasteiger charge is 2.06. The smallest absolute Gasteiger partial charge is 0.161 e. The van der Waals surface area contributed by atoms with E-state index in [2.05, 4.69) is 5.10 Å². The van der Waals surface area contributed by atoms with Crippen LogP contribution >= 0.6 is 11.6 Å². The SMILES string of the molecule is CCOc1cc(C=NN(C)C)ccc1OCc1ccc(Cl)cc1. The maximum absolute atomic E-state index is 5.89. The third-order valence-corrected chi connectivity index (χ3v) is 3.26. The zero-order valence-electron chi connectivity index (χ0n) is 13.6. The fourth-order valence-corrected chi connectivity index (χ4v) is 2.04. The van der Waals surface area contributed by atoms with Crippen molar-refractivity contribution < 1.29 is 9.47 Å². The molecule has 0 heterocycles. The minimum absolute atomic E-state index is 0.461. The highest BCUT2D eigenvalue weighted by atomic mass is 35.5. The molecule has 2 aromatic carbocycles. The number of hydrogen-bond donors (Lipinski definition) is 0. The molecule has 0 unspecified atom stereocenters. The highest BCUT2D eigenvalue weighted by Crippen LogP contribution is 2.29. The third kappa shape index (κ3) is 5.49. The van der Waals surface area contributed by atoms with Crippen molar-refractivity contribution >= 4 is 17.8 Å². The zero-order chi connectivity index (χ0) is 16.7. The molecule has 5 heteroatoms. The molecule has 0 saturated heterocycles. The van der Waals surface area contributed by atoms with E-state index in [0.717, 1.165) is 11.1 Å². The molecule has 122 valence electrons. The van der Waals surface area contributed by atoms with Gasteiger partial charge in [-0.25, -0.2) is 0 Å². The van der Waals surface area contributed by atoms with Gasteiger partial charge in [0.25, 0.3) is 0 Å². The van der Waals surface area contributed by atoms with Crippen LogP contribution < -0.4 is 9.47 Å². The molecule has 4 nitrogen and oxygen atoms in total. The summed E-state index contributed by atoms with van der Waals surface area (Å²) in [6, 6.07) is 13.4. The number of hydrazone groups is 1. The Kier molecular flexibility index (Phi) is 6.29. The molecule has 0 aliphatic carbocycles. The van der Waals surface area contributed by atoms with Gasteiger partial charge in [-0.2, -0.15) is 5.10 Å². The van der Waals surface area contributed by atoms with Gasteiger partial charge in [-0.05, 0) is 48.4 Å². The lowest BCUT2D eigenvalue weighted by atomic mass is 10.2. The summed E-state index contributed by atoms with van der Waals surface area (Å²) >= 11 is 5.89. The molecule has 0 N–H and O–H groups in total. The van der Waals surface area contributed by atoms with Crippen molar-refractivity contribution in [3.8, 4) is 11.5 Å². The van der Waals surface area contributed by atoms with Crippen LogP contribution in [0.3, 0.4) is 0 Å². The van der Waals surface area contributed by atoms with E-state index in [1.54, 1.807) is 11.2 Å². The summed E-state index contributed by atoms with van der Waals surface area (Å²) in [7, 11) is 3.76. The number of rotatable bonds is 7. The van der Waals surface area contributed by atoms with Crippen LogP contribution in [0.5, 0.6) is 11.5 Å². The third-order valence-electron chi connectivity index (χ3n) is 3.01. The lowest BCUT2D eigenvalue weighted by Gasteiger charge is -2.13. The molecular weight excluding hydrogens is 312 g/mol. The van der Waals surface area contributed by atoms with E-state index < -0.39 is 0 Å².